The van der Waals surface area contributed by atoms with Crippen LogP contribution in [-0.2, 0) is 0 Å². The van der Waals surface area contributed by atoms with Gasteiger partial charge in [-0.25, -0.2) is 0 Å². The molecule has 1 amide bonds. The number of hydrogen-bond acceptors (Lipinski definition) is 3. The molecule has 0 radical (unpaired) electrons. The molecule has 0 bridgehead atoms. The number of H-pyrrole nitrogens is 1. The molecule has 2 heterocycles. The first kappa shape index (κ1) is 16.6. The van der Waals surface area contributed by atoms with Crippen LogP contribution in [0.4, 0.5) is 0 Å². The summed E-state index contributed by atoms with van der Waals surface area (Å²) in [6.07, 6.45) is 3.59. The average molecular weight is 341 g/mol. The van der Waals surface area contributed by atoms with E-state index in [1.54, 1.807) is 0 Å². The molecule has 0 spiro atoms. The quantitative estimate of drug-likeness (QED) is 0.689. The second-order valence-electron chi connectivity index (χ2n) is 7.75. The summed E-state index contributed by atoms with van der Waals surface area (Å²) in [4.78, 5) is 16.1. The number of hydrogen-bond donors (Lipinski definition) is 4. The number of aliphatic hydroxyl groups excluding tert-OH is 1. The summed E-state index contributed by atoms with van der Waals surface area (Å²) < 4.78 is 0. The minimum absolute atomic E-state index is 0.0289. The maximum absolute atomic E-state index is 12.9. The first-order chi connectivity index (χ1) is 12.1. The summed E-state index contributed by atoms with van der Waals surface area (Å²) in [6, 6.07) is 8.26. The van der Waals surface area contributed by atoms with Gasteiger partial charge in [0.1, 0.15) is 5.69 Å². The number of aryl methyl sites for hydroxylation is 1. The molecular formula is C20H27N3O2. The number of carbonyl (C=O) groups excluding carboxylic acids is 1. The lowest BCUT2D eigenvalue weighted by molar-refractivity contribution is 0.00914. The fourth-order valence-corrected chi connectivity index (χ4v) is 4.35. The van der Waals surface area contributed by atoms with Gasteiger partial charge in [-0.05, 0) is 75.7 Å². The van der Waals surface area contributed by atoms with Gasteiger partial charge < -0.3 is 20.7 Å². The molecule has 2 aliphatic rings. The van der Waals surface area contributed by atoms with Crippen molar-refractivity contribution in [1.29, 1.82) is 0 Å². The van der Waals surface area contributed by atoms with Crippen molar-refractivity contribution in [3.63, 3.8) is 0 Å². The molecule has 5 nitrogen and oxygen atoms in total. The number of nitrogens with one attached hydrogen (secondary N) is 3. The van der Waals surface area contributed by atoms with E-state index in [0.717, 1.165) is 49.7 Å². The summed E-state index contributed by atoms with van der Waals surface area (Å²) >= 11 is 0. The smallest absolute Gasteiger partial charge is 0.267 e. The van der Waals surface area contributed by atoms with Gasteiger partial charge in [-0.15, -0.1) is 0 Å². The molecule has 1 aliphatic carbocycles. The van der Waals surface area contributed by atoms with E-state index in [0.29, 0.717) is 17.5 Å². The van der Waals surface area contributed by atoms with Gasteiger partial charge in [0, 0.05) is 16.9 Å². The maximum atomic E-state index is 12.9. The molecule has 1 saturated carbocycles. The Morgan fingerprint density at radius 1 is 1.20 bits per heavy atom. The third-order valence-electron chi connectivity index (χ3n) is 5.87. The first-order valence-corrected chi connectivity index (χ1v) is 9.39. The number of aliphatic hydroxyl groups is 1. The fraction of sp³-hybridized carbons (Fsp3) is 0.550. The lowest BCUT2D eigenvalue weighted by Gasteiger charge is -2.43. The van der Waals surface area contributed by atoms with Crippen LogP contribution in [0.3, 0.4) is 0 Å². The van der Waals surface area contributed by atoms with Crippen LogP contribution in [0.2, 0.25) is 0 Å². The van der Waals surface area contributed by atoms with Gasteiger partial charge in [-0.2, -0.15) is 0 Å². The number of benzene rings is 1. The third-order valence-corrected chi connectivity index (χ3v) is 5.87. The average Bonchev–Trinajstić information content (AvgIpc) is 3.01. The van der Waals surface area contributed by atoms with Crippen molar-refractivity contribution in [2.24, 2.45) is 11.8 Å². The predicted molar refractivity (Wildman–Crippen MR) is 98.6 cm³/mol. The van der Waals surface area contributed by atoms with E-state index in [9.17, 15) is 9.90 Å². The molecule has 4 N–H and O–H groups in total. The van der Waals surface area contributed by atoms with Crippen molar-refractivity contribution in [3.8, 4) is 0 Å². The van der Waals surface area contributed by atoms with E-state index in [1.807, 2.05) is 18.2 Å². The van der Waals surface area contributed by atoms with Crippen molar-refractivity contribution in [2.45, 2.75) is 44.8 Å². The molecule has 1 atom stereocenters. The highest BCUT2D eigenvalue weighted by Gasteiger charge is 2.39. The molecule has 0 unspecified atom stereocenters. The highest BCUT2D eigenvalue weighted by Crippen LogP contribution is 2.36. The van der Waals surface area contributed by atoms with Gasteiger partial charge in [0.15, 0.2) is 0 Å². The molecule has 1 aromatic carbocycles. The Balaban J connectivity index is 1.52. The fourth-order valence-electron chi connectivity index (χ4n) is 4.35. The van der Waals surface area contributed by atoms with Crippen LogP contribution in [0.15, 0.2) is 24.3 Å². The Kier molecular flexibility index (Phi) is 4.52. The Morgan fingerprint density at radius 2 is 1.96 bits per heavy atom. The topological polar surface area (TPSA) is 77.2 Å². The predicted octanol–water partition coefficient (Wildman–Crippen LogP) is 2.35. The molecule has 134 valence electrons. The molecule has 2 aromatic rings. The Morgan fingerprint density at radius 3 is 2.68 bits per heavy atom. The zero-order valence-corrected chi connectivity index (χ0v) is 14.7. The molecule has 5 heteroatoms. The third kappa shape index (κ3) is 3.44. The SMILES string of the molecule is Cc1ccc2[nH]c(C(=O)N[C@@H](C3CCNCC3)C3CC(O)C3)cc2c1. The number of fused-ring (bicyclic) bond motifs is 1. The number of amides is 1. The van der Waals surface area contributed by atoms with E-state index >= 15 is 0 Å². The van der Waals surface area contributed by atoms with Gasteiger partial charge in [-0.1, -0.05) is 11.6 Å². The van der Waals surface area contributed by atoms with E-state index in [1.165, 1.54) is 5.56 Å². The van der Waals surface area contributed by atoms with E-state index < -0.39 is 0 Å². The van der Waals surface area contributed by atoms with Gasteiger partial charge in [0.25, 0.3) is 5.91 Å². The molecule has 2 fully saturated rings. The maximum Gasteiger partial charge on any atom is 0.267 e. The summed E-state index contributed by atoms with van der Waals surface area (Å²) in [5.74, 6) is 0.863. The second kappa shape index (κ2) is 6.81. The molecule has 25 heavy (non-hydrogen) atoms. The van der Waals surface area contributed by atoms with Crippen LogP contribution in [0, 0.1) is 18.8 Å². The normalized spacial score (nSPS) is 25.5. The van der Waals surface area contributed by atoms with Crippen LogP contribution in [0.25, 0.3) is 10.9 Å². The van der Waals surface area contributed by atoms with Crippen molar-refractivity contribution in [1.82, 2.24) is 15.6 Å². The lowest BCUT2D eigenvalue weighted by Crippen LogP contribution is -2.52. The number of aromatic nitrogens is 1. The van der Waals surface area contributed by atoms with Crippen LogP contribution < -0.4 is 10.6 Å². The monoisotopic (exact) mass is 341 g/mol. The molecule has 1 aliphatic heterocycles. The molecular weight excluding hydrogens is 314 g/mol. The molecule has 4 rings (SSSR count). The Labute approximate surface area is 148 Å². The Bertz CT molecular complexity index is 757. The van der Waals surface area contributed by atoms with Gasteiger partial charge >= 0.3 is 0 Å². The van der Waals surface area contributed by atoms with Crippen molar-refractivity contribution in [2.75, 3.05) is 13.1 Å². The minimum atomic E-state index is -0.192. The highest BCUT2D eigenvalue weighted by atomic mass is 16.3. The molecule has 1 saturated heterocycles. The standard InChI is InChI=1S/C20H27N3O2/c1-12-2-3-17-14(8-12)11-18(22-17)20(25)23-19(15-9-16(24)10-15)13-4-6-21-7-5-13/h2-3,8,11,13,15-16,19,21-22,24H,4-7,9-10H2,1H3,(H,23,25)/t15?,16?,19-/m0/s1. The number of aromatic amines is 1. The minimum Gasteiger partial charge on any atom is -0.393 e. The van der Waals surface area contributed by atoms with E-state index in [2.05, 4.69) is 28.6 Å². The van der Waals surface area contributed by atoms with Gasteiger partial charge in [-0.3, -0.25) is 4.79 Å². The van der Waals surface area contributed by atoms with E-state index in [-0.39, 0.29) is 18.1 Å². The van der Waals surface area contributed by atoms with Crippen molar-refractivity contribution < 1.29 is 9.90 Å². The number of rotatable bonds is 4. The van der Waals surface area contributed by atoms with Crippen LogP contribution in [-0.4, -0.2) is 41.2 Å². The largest absolute Gasteiger partial charge is 0.393 e. The van der Waals surface area contributed by atoms with Crippen molar-refractivity contribution >= 4 is 16.8 Å². The van der Waals surface area contributed by atoms with Gasteiger partial charge in [0.2, 0.25) is 0 Å². The zero-order valence-electron chi connectivity index (χ0n) is 14.7. The highest BCUT2D eigenvalue weighted by molar-refractivity contribution is 5.98. The van der Waals surface area contributed by atoms with Crippen LogP contribution in [0.1, 0.15) is 41.7 Å². The Hall–Kier alpha value is -1.85. The van der Waals surface area contributed by atoms with Gasteiger partial charge in [0.05, 0.1) is 6.10 Å². The number of piperidine rings is 1. The summed E-state index contributed by atoms with van der Waals surface area (Å²) in [6.45, 7) is 4.08. The van der Waals surface area contributed by atoms with Crippen LogP contribution in [0.5, 0.6) is 0 Å². The zero-order chi connectivity index (χ0) is 17.4. The molecule has 1 aromatic heterocycles. The van der Waals surface area contributed by atoms with Crippen LogP contribution >= 0.6 is 0 Å². The second-order valence-corrected chi connectivity index (χ2v) is 7.75. The van der Waals surface area contributed by atoms with Crippen molar-refractivity contribution in [3.05, 3.63) is 35.5 Å². The number of carbonyl (C=O) groups is 1. The summed E-state index contributed by atoms with van der Waals surface area (Å²) in [7, 11) is 0. The summed E-state index contributed by atoms with van der Waals surface area (Å²) in [5, 5.41) is 17.5. The first-order valence-electron chi connectivity index (χ1n) is 9.39. The lowest BCUT2D eigenvalue weighted by atomic mass is 9.71. The van der Waals surface area contributed by atoms with E-state index in [4.69, 9.17) is 0 Å². The summed E-state index contributed by atoms with van der Waals surface area (Å²) in [5.41, 5.74) is 2.81.